The van der Waals surface area contributed by atoms with Gasteiger partial charge in [0.05, 0.1) is 5.41 Å². The highest BCUT2D eigenvalue weighted by molar-refractivity contribution is 5.46. The molecule has 0 bridgehead atoms. The molecule has 2 aromatic rings. The fraction of sp³-hybridized carbons (Fsp3) is 0.467. The van der Waals surface area contributed by atoms with Crippen LogP contribution < -0.4 is 5.73 Å². The molecule has 0 amide bonds. The molecule has 0 aliphatic heterocycles. The number of benzene rings is 1. The van der Waals surface area contributed by atoms with E-state index in [1.165, 1.54) is 5.56 Å². The fourth-order valence-electron chi connectivity index (χ4n) is 2.28. The first-order valence-electron chi connectivity index (χ1n) is 6.62. The van der Waals surface area contributed by atoms with Gasteiger partial charge in [0.15, 0.2) is 5.82 Å². The SMILES string of the molecule is CC(C)(C)c1noc(C2(c3ccc(N)cc3)CC2)n1. The van der Waals surface area contributed by atoms with Crippen LogP contribution in [0, 0.1) is 0 Å². The highest BCUT2D eigenvalue weighted by Crippen LogP contribution is 2.53. The van der Waals surface area contributed by atoms with Gasteiger partial charge in [0.2, 0.25) is 5.89 Å². The number of rotatable bonds is 2. The Kier molecular flexibility index (Phi) is 2.46. The van der Waals surface area contributed by atoms with E-state index in [1.54, 1.807) is 0 Å². The van der Waals surface area contributed by atoms with Gasteiger partial charge in [-0.1, -0.05) is 38.1 Å². The van der Waals surface area contributed by atoms with E-state index in [2.05, 4.69) is 43.0 Å². The van der Waals surface area contributed by atoms with Gasteiger partial charge in [-0.05, 0) is 30.5 Å². The summed E-state index contributed by atoms with van der Waals surface area (Å²) in [6, 6.07) is 7.97. The summed E-state index contributed by atoms with van der Waals surface area (Å²) >= 11 is 0. The van der Waals surface area contributed by atoms with Crippen LogP contribution in [-0.4, -0.2) is 10.1 Å². The second-order valence-corrected chi connectivity index (χ2v) is 6.38. The van der Waals surface area contributed by atoms with Crippen molar-refractivity contribution in [2.45, 2.75) is 44.4 Å². The molecule has 1 aromatic carbocycles. The quantitative estimate of drug-likeness (QED) is 0.840. The zero-order valence-electron chi connectivity index (χ0n) is 11.6. The Hall–Kier alpha value is -1.84. The summed E-state index contributed by atoms with van der Waals surface area (Å²) in [5, 5.41) is 4.13. The van der Waals surface area contributed by atoms with E-state index in [4.69, 9.17) is 10.3 Å². The molecule has 1 saturated carbocycles. The van der Waals surface area contributed by atoms with Crippen molar-refractivity contribution in [3.05, 3.63) is 41.5 Å². The average molecular weight is 257 g/mol. The van der Waals surface area contributed by atoms with Crippen molar-refractivity contribution in [2.24, 2.45) is 0 Å². The molecule has 0 spiro atoms. The third kappa shape index (κ3) is 2.01. The lowest BCUT2D eigenvalue weighted by Gasteiger charge is -2.12. The summed E-state index contributed by atoms with van der Waals surface area (Å²) in [5.74, 6) is 1.51. The van der Waals surface area contributed by atoms with E-state index >= 15 is 0 Å². The van der Waals surface area contributed by atoms with Crippen molar-refractivity contribution >= 4 is 5.69 Å². The molecule has 1 aliphatic carbocycles. The first kappa shape index (κ1) is 12.2. The van der Waals surface area contributed by atoms with Gasteiger partial charge < -0.3 is 10.3 Å². The third-order valence-electron chi connectivity index (χ3n) is 3.72. The van der Waals surface area contributed by atoms with E-state index in [-0.39, 0.29) is 10.8 Å². The Labute approximate surface area is 113 Å². The van der Waals surface area contributed by atoms with Gasteiger partial charge in [0.25, 0.3) is 0 Å². The van der Waals surface area contributed by atoms with E-state index in [0.29, 0.717) is 0 Å². The molecular weight excluding hydrogens is 238 g/mol. The number of nitrogens with two attached hydrogens (primary N) is 1. The first-order chi connectivity index (χ1) is 8.92. The first-order valence-corrected chi connectivity index (χ1v) is 6.62. The summed E-state index contributed by atoms with van der Waals surface area (Å²) < 4.78 is 5.51. The van der Waals surface area contributed by atoms with Gasteiger partial charge >= 0.3 is 0 Å². The zero-order chi connectivity index (χ0) is 13.7. The summed E-state index contributed by atoms with van der Waals surface area (Å²) in [5.41, 5.74) is 7.57. The minimum absolute atomic E-state index is 0.0792. The molecule has 0 atom stereocenters. The fourth-order valence-corrected chi connectivity index (χ4v) is 2.28. The summed E-state index contributed by atoms with van der Waals surface area (Å²) in [6.07, 6.45) is 2.12. The second kappa shape index (κ2) is 3.83. The van der Waals surface area contributed by atoms with Crippen LogP contribution >= 0.6 is 0 Å². The molecule has 1 aliphatic rings. The molecule has 1 fully saturated rings. The zero-order valence-corrected chi connectivity index (χ0v) is 11.6. The molecule has 1 aromatic heterocycles. The van der Waals surface area contributed by atoms with Crippen molar-refractivity contribution in [1.29, 1.82) is 0 Å². The molecule has 0 radical (unpaired) electrons. The largest absolute Gasteiger partial charge is 0.399 e. The van der Waals surface area contributed by atoms with Crippen molar-refractivity contribution < 1.29 is 4.52 Å². The molecule has 3 rings (SSSR count). The lowest BCUT2D eigenvalue weighted by Crippen LogP contribution is -2.15. The maximum atomic E-state index is 5.74. The lowest BCUT2D eigenvalue weighted by atomic mass is 9.94. The lowest BCUT2D eigenvalue weighted by molar-refractivity contribution is 0.348. The van der Waals surface area contributed by atoms with Crippen molar-refractivity contribution in [1.82, 2.24) is 10.1 Å². The molecule has 100 valence electrons. The minimum atomic E-state index is -0.0844. The van der Waals surface area contributed by atoms with E-state index < -0.39 is 0 Å². The smallest absolute Gasteiger partial charge is 0.237 e. The maximum absolute atomic E-state index is 5.74. The Balaban J connectivity index is 1.97. The van der Waals surface area contributed by atoms with Gasteiger partial charge in [-0.25, -0.2) is 0 Å². The molecule has 2 N–H and O–H groups in total. The summed E-state index contributed by atoms with van der Waals surface area (Å²) in [6.45, 7) is 6.26. The third-order valence-corrected chi connectivity index (χ3v) is 3.72. The number of nitrogen functional groups attached to an aromatic ring is 1. The predicted molar refractivity (Wildman–Crippen MR) is 73.9 cm³/mol. The van der Waals surface area contributed by atoms with Crippen LogP contribution in [0.4, 0.5) is 5.69 Å². The molecule has 4 heteroatoms. The van der Waals surface area contributed by atoms with Crippen molar-refractivity contribution in [3.8, 4) is 0 Å². The van der Waals surface area contributed by atoms with Gasteiger partial charge in [0.1, 0.15) is 0 Å². The monoisotopic (exact) mass is 257 g/mol. The Morgan fingerprint density at radius 3 is 2.26 bits per heavy atom. The van der Waals surface area contributed by atoms with Crippen molar-refractivity contribution in [3.63, 3.8) is 0 Å². The highest BCUT2D eigenvalue weighted by Gasteiger charge is 2.51. The Morgan fingerprint density at radius 1 is 1.16 bits per heavy atom. The number of hydrogen-bond acceptors (Lipinski definition) is 4. The van der Waals surface area contributed by atoms with E-state index in [0.717, 1.165) is 30.2 Å². The number of anilines is 1. The molecule has 4 nitrogen and oxygen atoms in total. The molecule has 0 unspecified atom stereocenters. The minimum Gasteiger partial charge on any atom is -0.399 e. The van der Waals surface area contributed by atoms with Gasteiger partial charge in [-0.15, -0.1) is 0 Å². The number of nitrogens with zero attached hydrogens (tertiary/aromatic N) is 2. The van der Waals surface area contributed by atoms with Crippen LogP contribution in [0.15, 0.2) is 28.8 Å². The van der Waals surface area contributed by atoms with Crippen LogP contribution in [0.3, 0.4) is 0 Å². The van der Waals surface area contributed by atoms with Crippen LogP contribution in [-0.2, 0) is 10.8 Å². The Bertz CT molecular complexity index is 589. The molecule has 0 saturated heterocycles. The van der Waals surface area contributed by atoms with Gasteiger partial charge in [0, 0.05) is 11.1 Å². The van der Waals surface area contributed by atoms with Crippen LogP contribution in [0.2, 0.25) is 0 Å². The molecule has 1 heterocycles. The van der Waals surface area contributed by atoms with Gasteiger partial charge in [-0.3, -0.25) is 0 Å². The average Bonchev–Trinajstić information content (AvgIpc) is 2.98. The van der Waals surface area contributed by atoms with Crippen LogP contribution in [0.25, 0.3) is 0 Å². The Morgan fingerprint density at radius 2 is 1.79 bits per heavy atom. The topological polar surface area (TPSA) is 64.9 Å². The molecular formula is C15H19N3O. The second-order valence-electron chi connectivity index (χ2n) is 6.38. The van der Waals surface area contributed by atoms with Crippen molar-refractivity contribution in [2.75, 3.05) is 5.73 Å². The predicted octanol–water partition coefficient (Wildman–Crippen LogP) is 3.03. The maximum Gasteiger partial charge on any atom is 0.237 e. The number of hydrogen-bond donors (Lipinski definition) is 1. The van der Waals surface area contributed by atoms with E-state index in [1.807, 2.05) is 12.1 Å². The van der Waals surface area contributed by atoms with Crippen LogP contribution in [0.5, 0.6) is 0 Å². The molecule has 19 heavy (non-hydrogen) atoms. The summed E-state index contributed by atoms with van der Waals surface area (Å²) in [4.78, 5) is 4.61. The van der Waals surface area contributed by atoms with E-state index in [9.17, 15) is 0 Å². The normalized spacial score (nSPS) is 17.4. The number of aromatic nitrogens is 2. The standard InChI is InChI=1S/C15H19N3O/c1-14(2,3)12-17-13(19-18-12)15(8-9-15)10-4-6-11(16)7-5-10/h4-7H,8-9,16H2,1-3H3. The highest BCUT2D eigenvalue weighted by atomic mass is 16.5. The summed E-state index contributed by atoms with van der Waals surface area (Å²) in [7, 11) is 0. The van der Waals surface area contributed by atoms with Gasteiger partial charge in [-0.2, -0.15) is 4.98 Å². The van der Waals surface area contributed by atoms with Crippen LogP contribution in [0.1, 0.15) is 50.9 Å².